The Balaban J connectivity index is 2.22. The quantitative estimate of drug-likeness (QED) is 0.475. The molecule has 1 aliphatic rings. The summed E-state index contributed by atoms with van der Waals surface area (Å²) in [4.78, 5) is 5.20. The first-order valence-electron chi connectivity index (χ1n) is 9.78. The fourth-order valence-corrected chi connectivity index (χ4v) is 3.40. The second-order valence-electron chi connectivity index (χ2n) is 6.93. The fourth-order valence-electron chi connectivity index (χ4n) is 3.40. The van der Waals surface area contributed by atoms with Gasteiger partial charge in [-0.1, -0.05) is 52.4 Å². The highest BCUT2D eigenvalue weighted by Gasteiger charge is 2.15. The van der Waals surface area contributed by atoms with Crippen LogP contribution in [-0.4, -0.2) is 62.3 Å². The van der Waals surface area contributed by atoms with Crippen molar-refractivity contribution in [3.05, 3.63) is 0 Å². The predicted molar refractivity (Wildman–Crippen MR) is 96.6 cm³/mol. The van der Waals surface area contributed by atoms with Crippen molar-refractivity contribution in [2.24, 2.45) is 0 Å². The molecule has 0 spiro atoms. The van der Waals surface area contributed by atoms with Crippen LogP contribution in [0.2, 0.25) is 0 Å². The minimum absolute atomic E-state index is 0.808. The van der Waals surface area contributed by atoms with E-state index in [0.29, 0.717) is 0 Å². The van der Waals surface area contributed by atoms with Gasteiger partial charge in [-0.25, -0.2) is 0 Å². The molecule has 0 atom stereocenters. The second kappa shape index (κ2) is 13.3. The van der Waals surface area contributed by atoms with E-state index in [0.717, 1.165) is 32.3 Å². The summed E-state index contributed by atoms with van der Waals surface area (Å²) in [6.07, 6.45) is 12.4. The molecule has 0 N–H and O–H groups in total. The van der Waals surface area contributed by atoms with Gasteiger partial charge in [-0.05, 0) is 39.4 Å². The molecule has 1 saturated heterocycles. The van der Waals surface area contributed by atoms with E-state index in [1.807, 2.05) is 0 Å². The highest BCUT2D eigenvalue weighted by Crippen LogP contribution is 2.16. The Kier molecular flexibility index (Phi) is 12.1. The molecule has 1 fully saturated rings. The van der Waals surface area contributed by atoms with E-state index in [1.165, 1.54) is 70.9 Å². The third kappa shape index (κ3) is 9.12. The van der Waals surface area contributed by atoms with Gasteiger partial charge < -0.3 is 9.64 Å². The second-order valence-corrected chi connectivity index (χ2v) is 6.93. The lowest BCUT2D eigenvalue weighted by molar-refractivity contribution is 0.0357. The molecule has 3 heteroatoms. The Morgan fingerprint density at radius 3 is 2.05 bits per heavy atom. The number of hydrogen-bond donors (Lipinski definition) is 0. The van der Waals surface area contributed by atoms with Crippen LogP contribution in [-0.2, 0) is 4.74 Å². The first kappa shape index (κ1) is 19.9. The molecule has 0 aromatic carbocycles. The van der Waals surface area contributed by atoms with Gasteiger partial charge >= 0.3 is 0 Å². The molecule has 3 nitrogen and oxygen atoms in total. The standard InChI is InChI=1S/C19H40N2O/c1-4-6-8-11-19(12-9-7-5-2)20(3)13-10-14-21-15-17-22-18-16-21/h19H,4-18H2,1-3H3. The van der Waals surface area contributed by atoms with Crippen LogP contribution in [0.15, 0.2) is 0 Å². The SMILES string of the molecule is CCCCCC(CCCCC)N(C)CCCN1CCOCC1. The summed E-state index contributed by atoms with van der Waals surface area (Å²) in [5.41, 5.74) is 0. The van der Waals surface area contributed by atoms with Crippen LogP contribution in [0.5, 0.6) is 0 Å². The smallest absolute Gasteiger partial charge is 0.0594 e. The summed E-state index contributed by atoms with van der Waals surface area (Å²) in [5.74, 6) is 0. The third-order valence-electron chi connectivity index (χ3n) is 4.99. The van der Waals surface area contributed by atoms with E-state index in [4.69, 9.17) is 4.74 Å². The van der Waals surface area contributed by atoms with Gasteiger partial charge in [0.2, 0.25) is 0 Å². The Morgan fingerprint density at radius 1 is 0.909 bits per heavy atom. The first-order chi connectivity index (χ1) is 10.8. The fraction of sp³-hybridized carbons (Fsp3) is 1.00. The van der Waals surface area contributed by atoms with Crippen LogP contribution in [0.3, 0.4) is 0 Å². The van der Waals surface area contributed by atoms with Crippen LogP contribution >= 0.6 is 0 Å². The summed E-state index contributed by atoms with van der Waals surface area (Å²) in [5, 5.41) is 0. The lowest BCUT2D eigenvalue weighted by atomic mass is 10.0. The summed E-state index contributed by atoms with van der Waals surface area (Å²) >= 11 is 0. The predicted octanol–water partition coefficient (Wildman–Crippen LogP) is 4.17. The molecule has 132 valence electrons. The normalized spacial score (nSPS) is 16.8. The van der Waals surface area contributed by atoms with E-state index in [-0.39, 0.29) is 0 Å². The van der Waals surface area contributed by atoms with Crippen LogP contribution in [0, 0.1) is 0 Å². The van der Waals surface area contributed by atoms with E-state index < -0.39 is 0 Å². The maximum atomic E-state index is 5.42. The minimum atomic E-state index is 0.808. The Bertz CT molecular complexity index is 232. The molecule has 22 heavy (non-hydrogen) atoms. The summed E-state index contributed by atoms with van der Waals surface area (Å²) in [7, 11) is 2.35. The maximum absolute atomic E-state index is 5.42. The number of unbranched alkanes of at least 4 members (excludes halogenated alkanes) is 4. The number of nitrogens with zero attached hydrogens (tertiary/aromatic N) is 2. The van der Waals surface area contributed by atoms with Gasteiger partial charge in [-0.2, -0.15) is 0 Å². The average Bonchev–Trinajstić information content (AvgIpc) is 2.54. The van der Waals surface area contributed by atoms with Gasteiger partial charge in [0, 0.05) is 19.1 Å². The van der Waals surface area contributed by atoms with Gasteiger partial charge in [0.25, 0.3) is 0 Å². The minimum Gasteiger partial charge on any atom is -0.379 e. The van der Waals surface area contributed by atoms with Crippen molar-refractivity contribution in [1.82, 2.24) is 9.80 Å². The van der Waals surface area contributed by atoms with Crippen molar-refractivity contribution in [3.63, 3.8) is 0 Å². The van der Waals surface area contributed by atoms with Crippen LogP contribution in [0.1, 0.15) is 71.6 Å². The van der Waals surface area contributed by atoms with E-state index in [1.54, 1.807) is 0 Å². The van der Waals surface area contributed by atoms with Crippen molar-refractivity contribution in [2.75, 3.05) is 46.4 Å². The Labute approximate surface area is 139 Å². The lowest BCUT2D eigenvalue weighted by Gasteiger charge is -2.31. The zero-order valence-corrected chi connectivity index (χ0v) is 15.5. The molecular weight excluding hydrogens is 272 g/mol. The van der Waals surface area contributed by atoms with Crippen molar-refractivity contribution in [1.29, 1.82) is 0 Å². The van der Waals surface area contributed by atoms with Crippen molar-refractivity contribution >= 4 is 0 Å². The molecule has 0 bridgehead atoms. The summed E-state index contributed by atoms with van der Waals surface area (Å²) < 4.78 is 5.42. The van der Waals surface area contributed by atoms with Crippen LogP contribution < -0.4 is 0 Å². The van der Waals surface area contributed by atoms with Gasteiger partial charge in [-0.15, -0.1) is 0 Å². The van der Waals surface area contributed by atoms with Gasteiger partial charge in [0.1, 0.15) is 0 Å². The molecule has 1 rings (SSSR count). The Hall–Kier alpha value is -0.120. The molecule has 0 aromatic rings. The zero-order chi connectivity index (χ0) is 16.0. The number of morpholine rings is 1. The Morgan fingerprint density at radius 2 is 1.50 bits per heavy atom. The lowest BCUT2D eigenvalue weighted by Crippen LogP contribution is -2.39. The molecule has 1 aliphatic heterocycles. The molecule has 0 aromatic heterocycles. The largest absolute Gasteiger partial charge is 0.379 e. The first-order valence-corrected chi connectivity index (χ1v) is 9.78. The highest BCUT2D eigenvalue weighted by atomic mass is 16.5. The van der Waals surface area contributed by atoms with Gasteiger partial charge in [-0.3, -0.25) is 4.90 Å². The molecule has 1 heterocycles. The molecular formula is C19H40N2O. The molecule has 0 radical (unpaired) electrons. The van der Waals surface area contributed by atoms with Crippen molar-refractivity contribution in [2.45, 2.75) is 77.7 Å². The van der Waals surface area contributed by atoms with E-state index in [2.05, 4.69) is 30.7 Å². The third-order valence-corrected chi connectivity index (χ3v) is 4.99. The monoisotopic (exact) mass is 312 g/mol. The van der Waals surface area contributed by atoms with Crippen molar-refractivity contribution < 1.29 is 4.74 Å². The molecule has 0 aliphatic carbocycles. The number of hydrogen-bond acceptors (Lipinski definition) is 3. The number of rotatable bonds is 13. The average molecular weight is 313 g/mol. The topological polar surface area (TPSA) is 15.7 Å². The van der Waals surface area contributed by atoms with E-state index in [9.17, 15) is 0 Å². The van der Waals surface area contributed by atoms with Crippen LogP contribution in [0.25, 0.3) is 0 Å². The van der Waals surface area contributed by atoms with Gasteiger partial charge in [0.05, 0.1) is 13.2 Å². The zero-order valence-electron chi connectivity index (χ0n) is 15.5. The van der Waals surface area contributed by atoms with Crippen LogP contribution in [0.4, 0.5) is 0 Å². The highest BCUT2D eigenvalue weighted by molar-refractivity contribution is 4.71. The molecule has 0 amide bonds. The van der Waals surface area contributed by atoms with E-state index >= 15 is 0 Å². The van der Waals surface area contributed by atoms with Crippen molar-refractivity contribution in [3.8, 4) is 0 Å². The number of ether oxygens (including phenoxy) is 1. The van der Waals surface area contributed by atoms with Gasteiger partial charge in [0.15, 0.2) is 0 Å². The molecule has 0 saturated carbocycles. The molecule has 0 unspecified atom stereocenters. The summed E-state index contributed by atoms with van der Waals surface area (Å²) in [6.45, 7) is 11.2. The summed E-state index contributed by atoms with van der Waals surface area (Å²) in [6, 6.07) is 0.808. The maximum Gasteiger partial charge on any atom is 0.0594 e.